The quantitative estimate of drug-likeness (QED) is 0.845. The average molecular weight is 249 g/mol. The molecule has 0 aliphatic carbocycles. The Kier molecular flexibility index (Phi) is 2.94. The fourth-order valence-electron chi connectivity index (χ4n) is 2.17. The van der Waals surface area contributed by atoms with Gasteiger partial charge in [-0.2, -0.15) is 0 Å². The van der Waals surface area contributed by atoms with Gasteiger partial charge in [0, 0.05) is 19.8 Å². The fraction of sp³-hybridized carbons (Fsp3) is 0.417. The smallest absolute Gasteiger partial charge is 0.337 e. The number of carboxylic acid groups (broad SMARTS) is 1. The Morgan fingerprint density at radius 1 is 1.56 bits per heavy atom. The first-order valence-corrected chi connectivity index (χ1v) is 5.75. The van der Waals surface area contributed by atoms with Crippen LogP contribution in [0, 0.1) is 0 Å². The predicted octanol–water partition coefficient (Wildman–Crippen LogP) is 0.971. The number of carbonyl (C=O) groups excluding carboxylic acids is 1. The van der Waals surface area contributed by atoms with Crippen LogP contribution in [-0.2, 0) is 4.79 Å². The molecule has 1 atom stereocenters. The molecule has 0 radical (unpaired) electrons. The van der Waals surface area contributed by atoms with Crippen molar-refractivity contribution in [1.29, 1.82) is 0 Å². The predicted molar refractivity (Wildman–Crippen MR) is 67.1 cm³/mol. The van der Waals surface area contributed by atoms with Gasteiger partial charge in [-0.1, -0.05) is 0 Å². The van der Waals surface area contributed by atoms with Gasteiger partial charge < -0.3 is 14.9 Å². The average Bonchev–Trinajstić information content (AvgIpc) is 2.36. The van der Waals surface area contributed by atoms with E-state index in [9.17, 15) is 9.59 Å². The summed E-state index contributed by atoms with van der Waals surface area (Å²) in [5.74, 6) is -0.460. The first-order chi connectivity index (χ1) is 8.47. The van der Waals surface area contributed by atoms with E-state index in [1.807, 2.05) is 18.7 Å². The van der Waals surface area contributed by atoms with E-state index in [4.69, 9.17) is 5.11 Å². The largest absolute Gasteiger partial charge is 0.478 e. The third kappa shape index (κ3) is 1.70. The number of nitrogens with zero attached hydrogens (tertiary/aromatic N) is 3. The van der Waals surface area contributed by atoms with Crippen molar-refractivity contribution in [3.05, 3.63) is 17.8 Å². The van der Waals surface area contributed by atoms with Crippen LogP contribution in [0.3, 0.4) is 0 Å². The first kappa shape index (κ1) is 12.3. The summed E-state index contributed by atoms with van der Waals surface area (Å²) in [6.45, 7) is 4.40. The summed E-state index contributed by atoms with van der Waals surface area (Å²) in [6.07, 6.45) is 1.32. The number of anilines is 2. The van der Waals surface area contributed by atoms with Gasteiger partial charge in [-0.25, -0.2) is 9.78 Å². The number of amides is 1. The van der Waals surface area contributed by atoms with Gasteiger partial charge in [0.25, 0.3) is 0 Å². The molecule has 0 bridgehead atoms. The number of carboxylic acids is 1. The number of aromatic carboxylic acids is 1. The van der Waals surface area contributed by atoms with E-state index in [-0.39, 0.29) is 17.5 Å². The Balaban J connectivity index is 2.58. The highest BCUT2D eigenvalue weighted by Crippen LogP contribution is 2.33. The second-order valence-electron chi connectivity index (χ2n) is 4.23. The molecule has 1 aliphatic heterocycles. The molecule has 1 aromatic rings. The van der Waals surface area contributed by atoms with Crippen LogP contribution in [0.2, 0.25) is 0 Å². The number of likely N-dealkylation sites (N-methyl/N-ethyl adjacent to an activating group) is 2. The third-order valence-electron chi connectivity index (χ3n) is 3.22. The number of pyridine rings is 1. The van der Waals surface area contributed by atoms with E-state index in [1.165, 1.54) is 17.2 Å². The summed E-state index contributed by atoms with van der Waals surface area (Å²) in [7, 11) is 1.64. The second kappa shape index (κ2) is 4.29. The lowest BCUT2D eigenvalue weighted by molar-refractivity contribution is -0.119. The zero-order valence-electron chi connectivity index (χ0n) is 10.5. The van der Waals surface area contributed by atoms with Crippen molar-refractivity contribution in [2.45, 2.75) is 19.9 Å². The van der Waals surface area contributed by atoms with Crippen molar-refractivity contribution >= 4 is 23.4 Å². The summed E-state index contributed by atoms with van der Waals surface area (Å²) < 4.78 is 0. The molecule has 6 heteroatoms. The molecule has 18 heavy (non-hydrogen) atoms. The normalized spacial score (nSPS) is 18.8. The van der Waals surface area contributed by atoms with Gasteiger partial charge >= 0.3 is 5.97 Å². The summed E-state index contributed by atoms with van der Waals surface area (Å²) in [6, 6.07) is 1.20. The van der Waals surface area contributed by atoms with Gasteiger partial charge in [0.15, 0.2) is 5.82 Å². The van der Waals surface area contributed by atoms with Crippen LogP contribution in [0.5, 0.6) is 0 Å². The lowest BCUT2D eigenvalue weighted by atomic mass is 10.1. The maximum Gasteiger partial charge on any atom is 0.337 e. The molecule has 1 aliphatic rings. The molecular weight excluding hydrogens is 234 g/mol. The van der Waals surface area contributed by atoms with Gasteiger partial charge in [-0.15, -0.1) is 0 Å². The van der Waals surface area contributed by atoms with Crippen molar-refractivity contribution in [1.82, 2.24) is 4.98 Å². The lowest BCUT2D eigenvalue weighted by Gasteiger charge is -2.38. The number of hydrogen-bond acceptors (Lipinski definition) is 4. The summed E-state index contributed by atoms with van der Waals surface area (Å²) in [4.78, 5) is 30.5. The highest BCUT2D eigenvalue weighted by Gasteiger charge is 2.34. The van der Waals surface area contributed by atoms with E-state index in [1.54, 1.807) is 7.05 Å². The van der Waals surface area contributed by atoms with E-state index >= 15 is 0 Å². The molecule has 2 rings (SSSR count). The molecule has 6 nitrogen and oxygen atoms in total. The minimum atomic E-state index is -1.05. The summed E-state index contributed by atoms with van der Waals surface area (Å²) >= 11 is 0. The second-order valence-corrected chi connectivity index (χ2v) is 4.23. The number of carbonyl (C=O) groups is 2. The van der Waals surface area contributed by atoms with E-state index in [2.05, 4.69) is 4.98 Å². The molecular formula is C12H15N3O3. The topological polar surface area (TPSA) is 73.7 Å². The molecule has 1 amide bonds. The Hall–Kier alpha value is -2.11. The molecule has 0 spiro atoms. The number of rotatable bonds is 2. The van der Waals surface area contributed by atoms with E-state index < -0.39 is 5.97 Å². The Labute approximate surface area is 105 Å². The van der Waals surface area contributed by atoms with Gasteiger partial charge in [0.1, 0.15) is 6.04 Å². The van der Waals surface area contributed by atoms with Gasteiger partial charge in [-0.05, 0) is 19.9 Å². The standard InChI is InChI=1S/C12H15N3O3/c1-4-15-7(2)11(16)14(3)9-5-8(12(17)18)6-13-10(9)15/h5-7H,4H2,1-3H3,(H,17,18). The van der Waals surface area contributed by atoms with Crippen LogP contribution in [0.25, 0.3) is 0 Å². The van der Waals surface area contributed by atoms with Crippen molar-refractivity contribution in [2.24, 2.45) is 0 Å². The van der Waals surface area contributed by atoms with Gasteiger partial charge in [0.2, 0.25) is 5.91 Å². The van der Waals surface area contributed by atoms with Crippen LogP contribution >= 0.6 is 0 Å². The SMILES string of the molecule is CCN1c2ncc(C(=O)O)cc2N(C)C(=O)C1C. The fourth-order valence-corrected chi connectivity index (χ4v) is 2.17. The van der Waals surface area contributed by atoms with E-state index in [0.29, 0.717) is 18.1 Å². The van der Waals surface area contributed by atoms with Crippen molar-refractivity contribution in [3.63, 3.8) is 0 Å². The van der Waals surface area contributed by atoms with Crippen LogP contribution in [0.4, 0.5) is 11.5 Å². The molecule has 0 fully saturated rings. The van der Waals surface area contributed by atoms with Gasteiger partial charge in [-0.3, -0.25) is 4.79 Å². The molecule has 0 saturated carbocycles. The van der Waals surface area contributed by atoms with Crippen molar-refractivity contribution < 1.29 is 14.7 Å². The third-order valence-corrected chi connectivity index (χ3v) is 3.22. The Morgan fingerprint density at radius 3 is 2.78 bits per heavy atom. The van der Waals surface area contributed by atoms with Crippen LogP contribution in [0.15, 0.2) is 12.3 Å². The first-order valence-electron chi connectivity index (χ1n) is 5.75. The number of hydrogen-bond donors (Lipinski definition) is 1. The zero-order valence-corrected chi connectivity index (χ0v) is 10.5. The monoisotopic (exact) mass is 249 g/mol. The number of aromatic nitrogens is 1. The minimum absolute atomic E-state index is 0.0614. The zero-order chi connectivity index (χ0) is 13.4. The number of fused-ring (bicyclic) bond motifs is 1. The highest BCUT2D eigenvalue weighted by molar-refractivity contribution is 6.05. The maximum absolute atomic E-state index is 12.0. The molecule has 1 unspecified atom stereocenters. The lowest BCUT2D eigenvalue weighted by Crippen LogP contribution is -2.51. The summed E-state index contributed by atoms with van der Waals surface area (Å²) in [5, 5.41) is 8.96. The van der Waals surface area contributed by atoms with E-state index in [0.717, 1.165) is 0 Å². The molecule has 0 aromatic carbocycles. The van der Waals surface area contributed by atoms with Crippen LogP contribution in [0.1, 0.15) is 24.2 Å². The Morgan fingerprint density at radius 2 is 2.22 bits per heavy atom. The molecule has 1 aromatic heterocycles. The minimum Gasteiger partial charge on any atom is -0.478 e. The molecule has 96 valence electrons. The Bertz CT molecular complexity index is 515. The molecule has 2 heterocycles. The molecule has 0 saturated heterocycles. The van der Waals surface area contributed by atoms with Crippen LogP contribution < -0.4 is 9.80 Å². The maximum atomic E-state index is 12.0. The summed E-state index contributed by atoms with van der Waals surface area (Å²) in [5.41, 5.74) is 0.624. The highest BCUT2D eigenvalue weighted by atomic mass is 16.4. The molecule has 1 N–H and O–H groups in total. The van der Waals surface area contributed by atoms with Crippen molar-refractivity contribution in [3.8, 4) is 0 Å². The van der Waals surface area contributed by atoms with Crippen LogP contribution in [-0.4, -0.2) is 41.6 Å². The van der Waals surface area contributed by atoms with Gasteiger partial charge in [0.05, 0.1) is 11.3 Å². The van der Waals surface area contributed by atoms with Crippen molar-refractivity contribution in [2.75, 3.05) is 23.4 Å².